The van der Waals surface area contributed by atoms with Gasteiger partial charge in [0.25, 0.3) is 5.91 Å². The zero-order valence-corrected chi connectivity index (χ0v) is 14.5. The van der Waals surface area contributed by atoms with Gasteiger partial charge >= 0.3 is 0 Å². The number of amides is 1. The summed E-state index contributed by atoms with van der Waals surface area (Å²) in [5, 5.41) is 16.1. The van der Waals surface area contributed by atoms with E-state index >= 15 is 0 Å². The van der Waals surface area contributed by atoms with Gasteiger partial charge in [0.1, 0.15) is 0 Å². The second-order valence-corrected chi connectivity index (χ2v) is 6.28. The normalized spacial score (nSPS) is 14.8. The molecule has 128 valence electrons. The average Bonchev–Trinajstić information content (AvgIpc) is 3.18. The molecule has 0 radical (unpaired) electrons. The number of nitrogens with zero attached hydrogens (tertiary/aromatic N) is 7. The predicted molar refractivity (Wildman–Crippen MR) is 92.0 cm³/mol. The Bertz CT molecular complexity index is 998. The van der Waals surface area contributed by atoms with Crippen LogP contribution in [0, 0.1) is 13.8 Å². The molecular weight excluding hydrogens is 318 g/mol. The molecule has 3 aromatic rings. The molecule has 8 nitrogen and oxygen atoms in total. The van der Waals surface area contributed by atoms with Crippen LogP contribution in [0.25, 0.3) is 11.1 Å². The Labute approximate surface area is 144 Å². The Morgan fingerprint density at radius 1 is 1.24 bits per heavy atom. The largest absolute Gasteiger partial charge is 0.334 e. The predicted octanol–water partition coefficient (Wildman–Crippen LogP) is 1.40. The monoisotopic (exact) mass is 337 g/mol. The molecule has 0 N–H and O–H groups in total. The zero-order chi connectivity index (χ0) is 17.6. The quantitative estimate of drug-likeness (QED) is 0.706. The summed E-state index contributed by atoms with van der Waals surface area (Å²) in [5.41, 5.74) is 4.38. The fourth-order valence-electron chi connectivity index (χ4n) is 3.30. The van der Waals surface area contributed by atoms with Gasteiger partial charge in [-0.2, -0.15) is 5.10 Å². The lowest BCUT2D eigenvalue weighted by Gasteiger charge is -2.26. The van der Waals surface area contributed by atoms with Crippen LogP contribution in [0.15, 0.2) is 24.3 Å². The maximum atomic E-state index is 13.1. The molecule has 0 unspecified atom stereocenters. The van der Waals surface area contributed by atoms with Crippen LogP contribution in [0.1, 0.15) is 34.0 Å². The van der Waals surface area contributed by atoms with Gasteiger partial charge < -0.3 is 4.90 Å². The molecule has 0 aromatic carbocycles. The van der Waals surface area contributed by atoms with E-state index in [4.69, 9.17) is 0 Å². The number of tetrazole rings is 1. The number of aromatic nitrogens is 6. The number of hydrogen-bond donors (Lipinski definition) is 0. The maximum absolute atomic E-state index is 13.1. The Kier molecular flexibility index (Phi) is 3.60. The SMILES string of the molecule is Cc1nn2c(C)cccc2c1C(=O)N1CC=C(c2nnnn2C)CC1. The average molecular weight is 337 g/mol. The summed E-state index contributed by atoms with van der Waals surface area (Å²) < 4.78 is 3.49. The fraction of sp³-hybridized carbons (Fsp3) is 0.353. The van der Waals surface area contributed by atoms with Crippen molar-refractivity contribution in [2.45, 2.75) is 20.3 Å². The number of fused-ring (bicyclic) bond motifs is 1. The first-order valence-corrected chi connectivity index (χ1v) is 8.22. The van der Waals surface area contributed by atoms with Crippen molar-refractivity contribution in [3.8, 4) is 0 Å². The molecule has 0 fully saturated rings. The van der Waals surface area contributed by atoms with Gasteiger partial charge in [-0.25, -0.2) is 9.20 Å². The van der Waals surface area contributed by atoms with Crippen molar-refractivity contribution in [2.75, 3.05) is 13.1 Å². The van der Waals surface area contributed by atoms with Crippen LogP contribution in [-0.2, 0) is 7.05 Å². The smallest absolute Gasteiger partial charge is 0.258 e. The number of hydrogen-bond acceptors (Lipinski definition) is 5. The van der Waals surface area contributed by atoms with E-state index in [1.54, 1.807) is 4.68 Å². The van der Waals surface area contributed by atoms with Crippen molar-refractivity contribution < 1.29 is 4.79 Å². The Morgan fingerprint density at radius 3 is 2.76 bits per heavy atom. The van der Waals surface area contributed by atoms with Gasteiger partial charge in [0.2, 0.25) is 0 Å². The molecule has 0 bridgehead atoms. The Morgan fingerprint density at radius 2 is 2.08 bits per heavy atom. The van der Waals surface area contributed by atoms with Gasteiger partial charge in [0, 0.05) is 25.8 Å². The summed E-state index contributed by atoms with van der Waals surface area (Å²) >= 11 is 0. The lowest BCUT2D eigenvalue weighted by Crippen LogP contribution is -2.35. The van der Waals surface area contributed by atoms with Crippen LogP contribution in [0.5, 0.6) is 0 Å². The number of carbonyl (C=O) groups is 1. The van der Waals surface area contributed by atoms with Gasteiger partial charge in [-0.05, 0) is 48.4 Å². The molecule has 1 aliphatic heterocycles. The molecule has 25 heavy (non-hydrogen) atoms. The number of rotatable bonds is 2. The molecule has 0 aliphatic carbocycles. The van der Waals surface area contributed by atoms with Crippen LogP contribution >= 0.6 is 0 Å². The summed E-state index contributed by atoms with van der Waals surface area (Å²) in [5.74, 6) is 0.777. The van der Waals surface area contributed by atoms with E-state index in [1.165, 1.54) is 0 Å². The second kappa shape index (κ2) is 5.80. The minimum Gasteiger partial charge on any atom is -0.334 e. The Hall–Kier alpha value is -3.03. The van der Waals surface area contributed by atoms with Crippen LogP contribution < -0.4 is 0 Å². The molecule has 0 saturated heterocycles. The lowest BCUT2D eigenvalue weighted by molar-refractivity contribution is 0.0774. The van der Waals surface area contributed by atoms with Gasteiger partial charge in [-0.1, -0.05) is 12.1 Å². The summed E-state index contributed by atoms with van der Waals surface area (Å²) in [6.45, 7) is 5.05. The summed E-state index contributed by atoms with van der Waals surface area (Å²) in [6.07, 6.45) is 2.76. The third-order valence-corrected chi connectivity index (χ3v) is 4.64. The number of aryl methyl sites for hydroxylation is 3. The minimum absolute atomic E-state index is 0.0180. The molecule has 1 aliphatic rings. The highest BCUT2D eigenvalue weighted by Crippen LogP contribution is 2.23. The van der Waals surface area contributed by atoms with E-state index in [1.807, 2.05) is 54.6 Å². The zero-order valence-electron chi connectivity index (χ0n) is 14.5. The number of carbonyl (C=O) groups excluding carboxylic acids is 1. The topological polar surface area (TPSA) is 81.2 Å². The van der Waals surface area contributed by atoms with Crippen molar-refractivity contribution >= 4 is 17.0 Å². The highest BCUT2D eigenvalue weighted by atomic mass is 16.2. The van der Waals surface area contributed by atoms with E-state index in [0.29, 0.717) is 18.7 Å². The molecule has 4 heterocycles. The molecule has 1 amide bonds. The standard InChI is InChI=1S/C17H19N7O/c1-11-5-4-6-14-15(12(2)19-24(11)14)17(25)23-9-7-13(8-10-23)16-18-20-21-22(16)3/h4-7H,8-10H2,1-3H3. The minimum atomic E-state index is 0.0180. The van der Waals surface area contributed by atoms with E-state index in [9.17, 15) is 4.79 Å². The third kappa shape index (κ3) is 2.50. The van der Waals surface area contributed by atoms with Crippen molar-refractivity contribution in [3.63, 3.8) is 0 Å². The second-order valence-electron chi connectivity index (χ2n) is 6.28. The van der Waals surface area contributed by atoms with Crippen molar-refractivity contribution in [1.29, 1.82) is 0 Å². The highest BCUT2D eigenvalue weighted by Gasteiger charge is 2.25. The molecule has 3 aromatic heterocycles. The van der Waals surface area contributed by atoms with E-state index in [0.717, 1.165) is 34.7 Å². The van der Waals surface area contributed by atoms with E-state index < -0.39 is 0 Å². The van der Waals surface area contributed by atoms with Gasteiger partial charge in [-0.3, -0.25) is 4.79 Å². The van der Waals surface area contributed by atoms with Crippen molar-refractivity contribution in [1.82, 2.24) is 34.7 Å². The molecule has 0 spiro atoms. The molecule has 8 heteroatoms. The molecule has 0 saturated carbocycles. The van der Waals surface area contributed by atoms with Gasteiger partial charge in [-0.15, -0.1) is 5.10 Å². The first-order valence-electron chi connectivity index (χ1n) is 8.22. The molecule has 0 atom stereocenters. The first-order chi connectivity index (χ1) is 12.1. The third-order valence-electron chi connectivity index (χ3n) is 4.64. The van der Waals surface area contributed by atoms with Gasteiger partial charge in [0.15, 0.2) is 5.82 Å². The maximum Gasteiger partial charge on any atom is 0.258 e. The lowest BCUT2D eigenvalue weighted by atomic mass is 10.1. The summed E-state index contributed by atoms with van der Waals surface area (Å²) in [7, 11) is 1.82. The van der Waals surface area contributed by atoms with Crippen LogP contribution in [0.2, 0.25) is 0 Å². The highest BCUT2D eigenvalue weighted by molar-refractivity contribution is 6.02. The van der Waals surface area contributed by atoms with Crippen molar-refractivity contribution in [2.24, 2.45) is 7.05 Å². The van der Waals surface area contributed by atoms with Crippen LogP contribution in [0.3, 0.4) is 0 Å². The van der Waals surface area contributed by atoms with Crippen LogP contribution in [-0.4, -0.2) is 53.7 Å². The first kappa shape index (κ1) is 15.5. The molecule has 4 rings (SSSR count). The Balaban J connectivity index is 1.63. The van der Waals surface area contributed by atoms with E-state index in [-0.39, 0.29) is 5.91 Å². The van der Waals surface area contributed by atoms with Gasteiger partial charge in [0.05, 0.1) is 16.8 Å². The number of pyridine rings is 1. The molecular formula is C17H19N7O. The van der Waals surface area contributed by atoms with E-state index in [2.05, 4.69) is 20.6 Å². The fourth-order valence-corrected chi connectivity index (χ4v) is 3.30. The van der Waals surface area contributed by atoms with Crippen LogP contribution in [0.4, 0.5) is 0 Å². The van der Waals surface area contributed by atoms with Crippen molar-refractivity contribution in [3.05, 3.63) is 47.1 Å². The summed E-state index contributed by atoms with van der Waals surface area (Å²) in [6, 6.07) is 5.88. The summed E-state index contributed by atoms with van der Waals surface area (Å²) in [4.78, 5) is 14.9.